The standard InChI is InChI=1S/C18H17N3O6/c1-4-25-17(22)15-16(26-10-19-15)11-7-5-6-8-12(11)27-18-20-13(23-2)9-14(21-18)24-3/h5-10H,4H2,1-3H3. The molecule has 0 bridgehead atoms. The number of hydrogen-bond donors (Lipinski definition) is 0. The lowest BCUT2D eigenvalue weighted by Crippen LogP contribution is -2.06. The highest BCUT2D eigenvalue weighted by Gasteiger charge is 2.22. The van der Waals surface area contributed by atoms with Crippen LogP contribution in [0.5, 0.6) is 23.5 Å². The molecule has 0 atom stereocenters. The van der Waals surface area contributed by atoms with Crippen molar-refractivity contribution in [3.63, 3.8) is 0 Å². The van der Waals surface area contributed by atoms with E-state index in [0.29, 0.717) is 11.3 Å². The molecular formula is C18H17N3O6. The van der Waals surface area contributed by atoms with Crippen molar-refractivity contribution in [2.24, 2.45) is 0 Å². The van der Waals surface area contributed by atoms with Gasteiger partial charge in [-0.05, 0) is 19.1 Å². The smallest absolute Gasteiger partial charge is 0.360 e. The maximum absolute atomic E-state index is 12.1. The van der Waals surface area contributed by atoms with Gasteiger partial charge in [-0.1, -0.05) is 12.1 Å². The number of aromatic nitrogens is 3. The number of para-hydroxylation sites is 1. The summed E-state index contributed by atoms with van der Waals surface area (Å²) in [5.41, 5.74) is 0.542. The van der Waals surface area contributed by atoms with Crippen molar-refractivity contribution in [2.75, 3.05) is 20.8 Å². The molecule has 0 spiro atoms. The lowest BCUT2D eigenvalue weighted by Gasteiger charge is -2.10. The van der Waals surface area contributed by atoms with E-state index in [0.717, 1.165) is 0 Å². The molecule has 0 aliphatic heterocycles. The van der Waals surface area contributed by atoms with Crippen LogP contribution in [0.25, 0.3) is 11.3 Å². The van der Waals surface area contributed by atoms with Gasteiger partial charge in [0, 0.05) is 0 Å². The van der Waals surface area contributed by atoms with Gasteiger partial charge in [0.25, 0.3) is 0 Å². The van der Waals surface area contributed by atoms with Crippen LogP contribution in [0.15, 0.2) is 41.1 Å². The van der Waals surface area contributed by atoms with E-state index in [1.165, 1.54) is 26.7 Å². The number of hydrogen-bond acceptors (Lipinski definition) is 9. The summed E-state index contributed by atoms with van der Waals surface area (Å²) in [7, 11) is 2.94. The molecule has 3 aromatic rings. The third-order valence-electron chi connectivity index (χ3n) is 3.45. The fraction of sp³-hybridized carbons (Fsp3) is 0.222. The predicted octanol–water partition coefficient (Wildman–Crippen LogP) is 3.12. The molecule has 1 aromatic carbocycles. The van der Waals surface area contributed by atoms with Crippen molar-refractivity contribution >= 4 is 5.97 Å². The van der Waals surface area contributed by atoms with Crippen LogP contribution in [0, 0.1) is 0 Å². The number of esters is 1. The number of oxazole rings is 1. The molecular weight excluding hydrogens is 354 g/mol. The zero-order valence-electron chi connectivity index (χ0n) is 15.0. The van der Waals surface area contributed by atoms with Crippen molar-refractivity contribution in [3.05, 3.63) is 42.4 Å². The predicted molar refractivity (Wildman–Crippen MR) is 93.1 cm³/mol. The Morgan fingerprint density at radius 2 is 1.81 bits per heavy atom. The van der Waals surface area contributed by atoms with E-state index in [9.17, 15) is 4.79 Å². The normalized spacial score (nSPS) is 10.3. The third kappa shape index (κ3) is 3.97. The molecule has 9 heteroatoms. The summed E-state index contributed by atoms with van der Waals surface area (Å²) in [6, 6.07) is 8.46. The number of carbonyl (C=O) groups is 1. The lowest BCUT2D eigenvalue weighted by molar-refractivity contribution is 0.0520. The van der Waals surface area contributed by atoms with Gasteiger partial charge in [-0.25, -0.2) is 9.78 Å². The zero-order chi connectivity index (χ0) is 19.2. The zero-order valence-corrected chi connectivity index (χ0v) is 15.0. The van der Waals surface area contributed by atoms with Crippen LogP contribution in [-0.4, -0.2) is 41.7 Å². The van der Waals surface area contributed by atoms with E-state index in [1.54, 1.807) is 31.2 Å². The maximum atomic E-state index is 12.1. The SMILES string of the molecule is CCOC(=O)c1ncoc1-c1ccccc1Oc1nc(OC)cc(OC)n1. The molecule has 2 aromatic heterocycles. The summed E-state index contributed by atoms with van der Waals surface area (Å²) < 4.78 is 26.4. The van der Waals surface area contributed by atoms with E-state index in [-0.39, 0.29) is 35.8 Å². The molecule has 0 saturated carbocycles. The fourth-order valence-electron chi connectivity index (χ4n) is 2.26. The first-order valence-corrected chi connectivity index (χ1v) is 8.01. The highest BCUT2D eigenvalue weighted by Crippen LogP contribution is 2.35. The highest BCUT2D eigenvalue weighted by atomic mass is 16.5. The van der Waals surface area contributed by atoms with Gasteiger partial charge in [0.1, 0.15) is 5.75 Å². The number of nitrogens with zero attached hydrogens (tertiary/aromatic N) is 3. The Morgan fingerprint density at radius 1 is 1.11 bits per heavy atom. The Morgan fingerprint density at radius 3 is 2.48 bits per heavy atom. The van der Waals surface area contributed by atoms with E-state index in [4.69, 9.17) is 23.4 Å². The van der Waals surface area contributed by atoms with Gasteiger partial charge in [-0.3, -0.25) is 0 Å². The second-order valence-electron chi connectivity index (χ2n) is 5.08. The van der Waals surface area contributed by atoms with Crippen LogP contribution in [0.4, 0.5) is 0 Å². The van der Waals surface area contributed by atoms with Gasteiger partial charge in [-0.15, -0.1) is 0 Å². The van der Waals surface area contributed by atoms with Gasteiger partial charge in [0.05, 0.1) is 32.5 Å². The van der Waals surface area contributed by atoms with Crippen LogP contribution in [-0.2, 0) is 4.74 Å². The fourth-order valence-corrected chi connectivity index (χ4v) is 2.26. The minimum Gasteiger partial charge on any atom is -0.481 e. The Labute approximate surface area is 154 Å². The molecule has 2 heterocycles. The second-order valence-corrected chi connectivity index (χ2v) is 5.08. The molecule has 0 aliphatic rings. The van der Waals surface area contributed by atoms with Crippen molar-refractivity contribution in [3.8, 4) is 34.8 Å². The first kappa shape index (κ1) is 18.2. The van der Waals surface area contributed by atoms with E-state index in [1.807, 2.05) is 0 Å². The van der Waals surface area contributed by atoms with Gasteiger partial charge < -0.3 is 23.4 Å². The van der Waals surface area contributed by atoms with E-state index in [2.05, 4.69) is 15.0 Å². The summed E-state index contributed by atoms with van der Waals surface area (Å²) in [4.78, 5) is 24.3. The first-order chi connectivity index (χ1) is 13.2. The van der Waals surface area contributed by atoms with Gasteiger partial charge in [0.15, 0.2) is 17.8 Å². The second kappa shape index (κ2) is 8.17. The monoisotopic (exact) mass is 371 g/mol. The van der Waals surface area contributed by atoms with Gasteiger partial charge in [0.2, 0.25) is 11.8 Å². The summed E-state index contributed by atoms with van der Waals surface area (Å²) in [5, 5.41) is 0. The summed E-state index contributed by atoms with van der Waals surface area (Å²) in [5.74, 6) is 0.548. The van der Waals surface area contributed by atoms with Crippen LogP contribution in [0.3, 0.4) is 0 Å². The van der Waals surface area contributed by atoms with Crippen LogP contribution in [0.1, 0.15) is 17.4 Å². The molecule has 140 valence electrons. The molecule has 27 heavy (non-hydrogen) atoms. The minimum absolute atomic E-state index is 0.0100. The van der Waals surface area contributed by atoms with E-state index >= 15 is 0 Å². The Bertz CT molecular complexity index is 918. The van der Waals surface area contributed by atoms with Crippen LogP contribution >= 0.6 is 0 Å². The quantitative estimate of drug-likeness (QED) is 0.579. The molecule has 0 amide bonds. The average Bonchev–Trinajstić information content (AvgIpc) is 3.18. The molecule has 0 saturated heterocycles. The van der Waals surface area contributed by atoms with Crippen molar-refractivity contribution in [1.82, 2.24) is 15.0 Å². The maximum Gasteiger partial charge on any atom is 0.360 e. The molecule has 0 unspecified atom stereocenters. The van der Waals surface area contributed by atoms with Crippen molar-refractivity contribution in [2.45, 2.75) is 6.92 Å². The Kier molecular flexibility index (Phi) is 5.50. The summed E-state index contributed by atoms with van der Waals surface area (Å²) in [6.45, 7) is 1.93. The summed E-state index contributed by atoms with van der Waals surface area (Å²) in [6.07, 6.45) is 1.17. The largest absolute Gasteiger partial charge is 0.481 e. The number of benzene rings is 1. The van der Waals surface area contributed by atoms with Crippen LogP contribution < -0.4 is 14.2 Å². The van der Waals surface area contributed by atoms with Crippen LogP contribution in [0.2, 0.25) is 0 Å². The molecule has 0 fully saturated rings. The number of ether oxygens (including phenoxy) is 4. The topological polar surface area (TPSA) is 106 Å². The van der Waals surface area contributed by atoms with Crippen molar-refractivity contribution < 1.29 is 28.2 Å². The first-order valence-electron chi connectivity index (χ1n) is 8.01. The van der Waals surface area contributed by atoms with E-state index < -0.39 is 5.97 Å². The summed E-state index contributed by atoms with van der Waals surface area (Å²) >= 11 is 0. The molecule has 0 aliphatic carbocycles. The Balaban J connectivity index is 1.99. The number of carbonyl (C=O) groups excluding carboxylic acids is 1. The van der Waals surface area contributed by atoms with Crippen molar-refractivity contribution in [1.29, 1.82) is 0 Å². The molecule has 0 radical (unpaired) electrons. The third-order valence-corrected chi connectivity index (χ3v) is 3.45. The van der Waals surface area contributed by atoms with Gasteiger partial charge in [-0.2, -0.15) is 9.97 Å². The molecule has 9 nitrogen and oxygen atoms in total. The molecule has 0 N–H and O–H groups in total. The number of rotatable bonds is 7. The average molecular weight is 371 g/mol. The number of methoxy groups -OCH3 is 2. The minimum atomic E-state index is -0.588. The molecule has 3 rings (SSSR count). The van der Waals surface area contributed by atoms with Gasteiger partial charge >= 0.3 is 12.0 Å². The highest BCUT2D eigenvalue weighted by molar-refractivity contribution is 5.94. The Hall–Kier alpha value is -3.62. The lowest BCUT2D eigenvalue weighted by atomic mass is 10.1.